The minimum Gasteiger partial charge on any atom is -0.484 e. The smallest absolute Gasteiger partial charge is 0.260 e. The van der Waals surface area contributed by atoms with Crippen LogP contribution in [0.15, 0.2) is 84.0 Å². The molecule has 3 aromatic carbocycles. The first-order chi connectivity index (χ1) is 15.6. The molecule has 0 saturated heterocycles. The number of halogens is 2. The van der Waals surface area contributed by atoms with Crippen molar-refractivity contribution in [2.45, 2.75) is 19.1 Å². The summed E-state index contributed by atoms with van der Waals surface area (Å²) in [7, 11) is 0. The fourth-order valence-corrected chi connectivity index (χ4v) is 3.47. The van der Waals surface area contributed by atoms with Crippen LogP contribution in [0.5, 0.6) is 5.75 Å². The molecule has 1 aliphatic rings. The molecule has 0 bridgehead atoms. The lowest BCUT2D eigenvalue weighted by Gasteiger charge is -2.25. The number of carbonyl (C=O) groups excluding carboxylic acids is 1. The quantitative estimate of drug-likeness (QED) is 0.520. The van der Waals surface area contributed by atoms with E-state index in [2.05, 4.69) is 5.16 Å². The van der Waals surface area contributed by atoms with Gasteiger partial charge in [-0.2, -0.15) is 0 Å². The Morgan fingerprint density at radius 3 is 2.41 bits per heavy atom. The second-order valence-corrected chi connectivity index (χ2v) is 7.42. The number of para-hydroxylation sites is 1. The molecular weight excluding hydrogens is 414 g/mol. The van der Waals surface area contributed by atoms with Crippen LogP contribution in [-0.2, 0) is 16.2 Å². The van der Waals surface area contributed by atoms with Crippen LogP contribution in [0, 0.1) is 11.6 Å². The third-order valence-corrected chi connectivity index (χ3v) is 5.12. The molecule has 0 aromatic heterocycles. The van der Waals surface area contributed by atoms with E-state index >= 15 is 0 Å². The Kier molecular flexibility index (Phi) is 6.75. The van der Waals surface area contributed by atoms with Crippen LogP contribution < -0.4 is 4.74 Å². The summed E-state index contributed by atoms with van der Waals surface area (Å²) in [6.45, 7) is 0.0114. The van der Waals surface area contributed by atoms with Crippen molar-refractivity contribution in [1.29, 1.82) is 0 Å². The van der Waals surface area contributed by atoms with E-state index in [1.165, 1.54) is 17.0 Å². The van der Waals surface area contributed by atoms with E-state index in [-0.39, 0.29) is 31.4 Å². The number of ether oxygens (including phenoxy) is 1. The van der Waals surface area contributed by atoms with E-state index in [9.17, 15) is 13.6 Å². The van der Waals surface area contributed by atoms with Gasteiger partial charge in [-0.25, -0.2) is 8.78 Å². The molecule has 4 rings (SSSR count). The summed E-state index contributed by atoms with van der Waals surface area (Å²) in [6, 6.07) is 21.6. The maximum Gasteiger partial charge on any atom is 0.260 e. The minimum atomic E-state index is -0.475. The van der Waals surface area contributed by atoms with Gasteiger partial charge in [0.2, 0.25) is 0 Å². The molecule has 1 heterocycles. The number of oxime groups is 1. The van der Waals surface area contributed by atoms with Crippen LogP contribution in [0.2, 0.25) is 0 Å². The van der Waals surface area contributed by atoms with Crippen molar-refractivity contribution in [2.75, 3.05) is 13.2 Å². The molecule has 5 nitrogen and oxygen atoms in total. The van der Waals surface area contributed by atoms with Gasteiger partial charge in [0.05, 0.1) is 12.3 Å². The number of hydrogen-bond donors (Lipinski definition) is 0. The van der Waals surface area contributed by atoms with Crippen molar-refractivity contribution >= 4 is 11.6 Å². The van der Waals surface area contributed by atoms with Crippen LogP contribution in [0.25, 0.3) is 0 Å². The van der Waals surface area contributed by atoms with Crippen LogP contribution in [-0.4, -0.2) is 35.8 Å². The van der Waals surface area contributed by atoms with Crippen molar-refractivity contribution in [3.8, 4) is 5.75 Å². The Hall–Kier alpha value is -3.74. The van der Waals surface area contributed by atoms with Crippen LogP contribution in [0.3, 0.4) is 0 Å². The number of amides is 1. The molecule has 164 valence electrons. The second kappa shape index (κ2) is 10.0. The molecular formula is C25H22F2N2O3. The number of benzene rings is 3. The molecule has 0 saturated carbocycles. The summed E-state index contributed by atoms with van der Waals surface area (Å²) in [4.78, 5) is 19.9. The molecule has 0 radical (unpaired) electrons. The van der Waals surface area contributed by atoms with Crippen LogP contribution in [0.1, 0.15) is 17.5 Å². The van der Waals surface area contributed by atoms with Gasteiger partial charge in [0, 0.05) is 24.1 Å². The van der Waals surface area contributed by atoms with Crippen molar-refractivity contribution in [2.24, 2.45) is 5.16 Å². The summed E-state index contributed by atoms with van der Waals surface area (Å²) >= 11 is 0. The fraction of sp³-hybridized carbons (Fsp3) is 0.200. The third kappa shape index (κ3) is 5.29. The predicted octanol–water partition coefficient (Wildman–Crippen LogP) is 4.57. The highest BCUT2D eigenvalue weighted by Gasteiger charge is 2.28. The molecule has 0 spiro atoms. The lowest BCUT2D eigenvalue weighted by molar-refractivity contribution is -0.135. The standard InChI is InChI=1S/C25H22F2N2O3/c26-22-12-6-4-8-18(22)15-29(25(30)17-31-19-9-2-1-3-10-19)16-20-14-24(28-32-20)21-11-5-7-13-23(21)27/h1-13,20H,14-17H2. The average molecular weight is 436 g/mol. The summed E-state index contributed by atoms with van der Waals surface area (Å²) in [5, 5.41) is 4.01. The molecule has 3 aromatic rings. The first-order valence-electron chi connectivity index (χ1n) is 10.3. The van der Waals surface area contributed by atoms with Gasteiger partial charge in [-0.1, -0.05) is 59.8 Å². The number of nitrogens with zero attached hydrogens (tertiary/aromatic N) is 2. The monoisotopic (exact) mass is 436 g/mol. The Labute approximate surface area is 184 Å². The molecule has 0 N–H and O–H groups in total. The first-order valence-corrected chi connectivity index (χ1v) is 10.3. The lowest BCUT2D eigenvalue weighted by atomic mass is 10.0. The molecule has 1 atom stereocenters. The molecule has 7 heteroatoms. The van der Waals surface area contributed by atoms with Crippen molar-refractivity contribution in [1.82, 2.24) is 4.90 Å². The van der Waals surface area contributed by atoms with Gasteiger partial charge >= 0.3 is 0 Å². The normalized spacial score (nSPS) is 15.1. The maximum atomic E-state index is 14.2. The zero-order valence-electron chi connectivity index (χ0n) is 17.3. The maximum absolute atomic E-state index is 14.2. The Morgan fingerprint density at radius 2 is 1.66 bits per heavy atom. The predicted molar refractivity (Wildman–Crippen MR) is 116 cm³/mol. The first kappa shape index (κ1) is 21.5. The van der Waals surface area contributed by atoms with E-state index in [0.29, 0.717) is 29.0 Å². The van der Waals surface area contributed by atoms with Gasteiger partial charge in [-0.05, 0) is 24.3 Å². The number of carbonyl (C=O) groups is 1. The highest BCUT2D eigenvalue weighted by atomic mass is 19.1. The average Bonchev–Trinajstić information content (AvgIpc) is 3.27. The lowest BCUT2D eigenvalue weighted by Crippen LogP contribution is -2.40. The molecule has 0 aliphatic carbocycles. The Morgan fingerprint density at radius 1 is 0.969 bits per heavy atom. The summed E-state index contributed by atoms with van der Waals surface area (Å²) < 4.78 is 33.9. The molecule has 1 aliphatic heterocycles. The van der Waals surface area contributed by atoms with E-state index in [4.69, 9.17) is 9.57 Å². The van der Waals surface area contributed by atoms with Crippen molar-refractivity contribution in [3.63, 3.8) is 0 Å². The third-order valence-electron chi connectivity index (χ3n) is 5.12. The highest BCUT2D eigenvalue weighted by Crippen LogP contribution is 2.21. The Balaban J connectivity index is 1.45. The van der Waals surface area contributed by atoms with Crippen LogP contribution in [0.4, 0.5) is 8.78 Å². The van der Waals surface area contributed by atoms with Crippen molar-refractivity contribution < 1.29 is 23.1 Å². The molecule has 0 fully saturated rings. The summed E-state index contributed by atoms with van der Waals surface area (Å²) in [5.41, 5.74) is 1.23. The largest absolute Gasteiger partial charge is 0.484 e. The second-order valence-electron chi connectivity index (χ2n) is 7.42. The fourth-order valence-electron chi connectivity index (χ4n) is 3.47. The SMILES string of the molecule is O=C(COc1ccccc1)N(Cc1ccccc1F)CC1CC(c2ccccc2F)=NO1. The Bertz CT molecular complexity index is 1110. The van der Waals surface area contributed by atoms with Gasteiger partial charge in [-0.3, -0.25) is 4.79 Å². The van der Waals surface area contributed by atoms with E-state index in [1.54, 1.807) is 48.5 Å². The van der Waals surface area contributed by atoms with Gasteiger partial charge in [0.15, 0.2) is 12.7 Å². The zero-order chi connectivity index (χ0) is 22.3. The molecule has 1 unspecified atom stereocenters. The zero-order valence-corrected chi connectivity index (χ0v) is 17.3. The van der Waals surface area contributed by atoms with Crippen LogP contribution >= 0.6 is 0 Å². The molecule has 1 amide bonds. The summed E-state index contributed by atoms with van der Waals surface area (Å²) in [6.07, 6.45) is -0.140. The number of hydrogen-bond acceptors (Lipinski definition) is 4. The van der Waals surface area contributed by atoms with Gasteiger partial charge < -0.3 is 14.5 Å². The van der Waals surface area contributed by atoms with Gasteiger partial charge in [0.1, 0.15) is 17.4 Å². The molecule has 32 heavy (non-hydrogen) atoms. The highest BCUT2D eigenvalue weighted by molar-refractivity contribution is 6.01. The topological polar surface area (TPSA) is 51.1 Å². The van der Waals surface area contributed by atoms with Crippen molar-refractivity contribution in [3.05, 3.63) is 102 Å². The van der Waals surface area contributed by atoms with E-state index in [1.807, 2.05) is 18.2 Å². The number of rotatable bonds is 8. The minimum absolute atomic E-state index is 0.0541. The van der Waals surface area contributed by atoms with E-state index in [0.717, 1.165) is 0 Å². The summed E-state index contributed by atoms with van der Waals surface area (Å²) in [5.74, 6) is -0.537. The van der Waals surface area contributed by atoms with E-state index < -0.39 is 11.9 Å². The van der Waals surface area contributed by atoms with Gasteiger partial charge in [-0.15, -0.1) is 0 Å². The van der Waals surface area contributed by atoms with Gasteiger partial charge in [0.25, 0.3) is 5.91 Å².